The average molecular weight is 283 g/mol. The van der Waals surface area contributed by atoms with Gasteiger partial charge in [-0.3, -0.25) is 14.7 Å². The smallest absolute Gasteiger partial charge is 0.276 e. The number of nitrogen functional groups attached to an aromatic ring is 1. The Hall–Kier alpha value is -3.09. The Morgan fingerprint density at radius 1 is 1.33 bits per heavy atom. The van der Waals surface area contributed by atoms with E-state index in [1.54, 1.807) is 37.5 Å². The second-order valence-electron chi connectivity index (χ2n) is 4.70. The van der Waals surface area contributed by atoms with Crippen molar-refractivity contribution in [3.8, 4) is 0 Å². The van der Waals surface area contributed by atoms with E-state index >= 15 is 0 Å². The molecular formula is C14H13N5O2. The molecule has 0 radical (unpaired) electrons. The number of fused-ring (bicyclic) bond motifs is 1. The number of benzene rings is 1. The quantitative estimate of drug-likeness (QED) is 0.612. The summed E-state index contributed by atoms with van der Waals surface area (Å²) in [7, 11) is 1.61. The summed E-state index contributed by atoms with van der Waals surface area (Å²) in [5.74, 6) is -0.370. The molecule has 0 aliphatic heterocycles. The third kappa shape index (κ3) is 2.36. The molecule has 106 valence electrons. The van der Waals surface area contributed by atoms with Gasteiger partial charge in [0.05, 0.1) is 11.2 Å². The summed E-state index contributed by atoms with van der Waals surface area (Å²) in [6.45, 7) is 0. The lowest BCUT2D eigenvalue weighted by atomic mass is 10.2. The van der Waals surface area contributed by atoms with Gasteiger partial charge in [-0.1, -0.05) is 0 Å². The number of aromatic amines is 1. The normalized spacial score (nSPS) is 10.7. The van der Waals surface area contributed by atoms with E-state index in [2.05, 4.69) is 15.5 Å². The number of aromatic nitrogens is 3. The van der Waals surface area contributed by atoms with Gasteiger partial charge in [-0.05, 0) is 24.3 Å². The first-order valence-corrected chi connectivity index (χ1v) is 6.26. The van der Waals surface area contributed by atoms with Gasteiger partial charge in [0.1, 0.15) is 0 Å². The third-order valence-corrected chi connectivity index (χ3v) is 3.15. The summed E-state index contributed by atoms with van der Waals surface area (Å²) < 4.78 is 1.39. The number of pyridine rings is 1. The van der Waals surface area contributed by atoms with E-state index in [9.17, 15) is 9.59 Å². The molecule has 0 bridgehead atoms. The third-order valence-electron chi connectivity index (χ3n) is 3.15. The molecule has 7 heteroatoms. The van der Waals surface area contributed by atoms with E-state index in [1.807, 2.05) is 0 Å². The highest BCUT2D eigenvalue weighted by molar-refractivity contribution is 6.11. The number of aryl methyl sites for hydroxylation is 1. The molecule has 3 aromatic rings. The topological polar surface area (TPSA) is 106 Å². The molecule has 2 aromatic heterocycles. The van der Waals surface area contributed by atoms with Gasteiger partial charge in [-0.2, -0.15) is 5.10 Å². The summed E-state index contributed by atoms with van der Waals surface area (Å²) in [6.07, 6.45) is 1.55. The maximum absolute atomic E-state index is 12.3. The Labute approximate surface area is 119 Å². The maximum atomic E-state index is 12.3. The summed E-state index contributed by atoms with van der Waals surface area (Å²) in [6, 6.07) is 8.12. The molecular weight excluding hydrogens is 270 g/mol. The van der Waals surface area contributed by atoms with Gasteiger partial charge >= 0.3 is 0 Å². The van der Waals surface area contributed by atoms with Crippen LogP contribution in [0.15, 0.2) is 41.3 Å². The van der Waals surface area contributed by atoms with Gasteiger partial charge in [-0.15, -0.1) is 0 Å². The Kier molecular flexibility index (Phi) is 2.94. The van der Waals surface area contributed by atoms with E-state index < -0.39 is 0 Å². The van der Waals surface area contributed by atoms with E-state index in [0.717, 1.165) is 5.52 Å². The van der Waals surface area contributed by atoms with Crippen LogP contribution in [0.1, 0.15) is 10.5 Å². The number of nitrogens with two attached hydrogens (primary N) is 1. The molecule has 4 N–H and O–H groups in total. The van der Waals surface area contributed by atoms with E-state index in [4.69, 9.17) is 5.73 Å². The van der Waals surface area contributed by atoms with Gasteiger partial charge in [0.25, 0.3) is 5.91 Å². The zero-order valence-corrected chi connectivity index (χ0v) is 11.3. The van der Waals surface area contributed by atoms with E-state index in [1.165, 1.54) is 10.6 Å². The summed E-state index contributed by atoms with van der Waals surface area (Å²) in [4.78, 5) is 23.6. The molecule has 0 aliphatic carbocycles. The first-order chi connectivity index (χ1) is 10.0. The predicted molar refractivity (Wildman–Crippen MR) is 80.1 cm³/mol. The zero-order valence-electron chi connectivity index (χ0n) is 11.3. The first kappa shape index (κ1) is 12.9. The van der Waals surface area contributed by atoms with Crippen LogP contribution in [0.25, 0.3) is 10.9 Å². The number of hydrogen-bond donors (Lipinski definition) is 3. The standard InChI is InChI=1S/C14H13N5O2/c1-19-7-9(3-5-12(19)20)16-14(21)13-10-6-8(15)2-4-11(10)17-18-13/h2-7H,15H2,1H3,(H,16,21)(H,17,18). The van der Waals surface area contributed by atoms with Gasteiger partial charge < -0.3 is 15.6 Å². The van der Waals surface area contributed by atoms with Crippen LogP contribution < -0.4 is 16.6 Å². The lowest BCUT2D eigenvalue weighted by molar-refractivity contribution is 0.102. The lowest BCUT2D eigenvalue weighted by Gasteiger charge is -2.05. The van der Waals surface area contributed by atoms with Crippen LogP contribution in [0.5, 0.6) is 0 Å². The van der Waals surface area contributed by atoms with Gasteiger partial charge in [0, 0.05) is 30.4 Å². The number of nitrogens with zero attached hydrogens (tertiary/aromatic N) is 2. The Balaban J connectivity index is 1.95. The minimum absolute atomic E-state index is 0.147. The summed E-state index contributed by atoms with van der Waals surface area (Å²) in [5, 5.41) is 10.1. The van der Waals surface area contributed by atoms with Crippen LogP contribution in [0, 0.1) is 0 Å². The highest BCUT2D eigenvalue weighted by atomic mass is 16.2. The Morgan fingerprint density at radius 2 is 2.14 bits per heavy atom. The monoisotopic (exact) mass is 283 g/mol. The number of anilines is 2. The molecule has 0 saturated heterocycles. The fourth-order valence-electron chi connectivity index (χ4n) is 2.06. The minimum atomic E-state index is -0.370. The molecule has 3 rings (SSSR count). The molecule has 0 atom stereocenters. The highest BCUT2D eigenvalue weighted by Gasteiger charge is 2.14. The van der Waals surface area contributed by atoms with Crippen molar-refractivity contribution in [1.82, 2.24) is 14.8 Å². The summed E-state index contributed by atoms with van der Waals surface area (Å²) >= 11 is 0. The van der Waals surface area contributed by atoms with Gasteiger partial charge in [0.2, 0.25) is 5.56 Å². The highest BCUT2D eigenvalue weighted by Crippen LogP contribution is 2.19. The van der Waals surface area contributed by atoms with Crippen molar-refractivity contribution in [2.24, 2.45) is 7.05 Å². The SMILES string of the molecule is Cn1cc(NC(=O)c2n[nH]c3ccc(N)cc23)ccc1=O. The number of nitrogens with one attached hydrogen (secondary N) is 2. The van der Waals surface area contributed by atoms with Crippen LogP contribution >= 0.6 is 0 Å². The number of hydrogen-bond acceptors (Lipinski definition) is 4. The van der Waals surface area contributed by atoms with Crippen molar-refractivity contribution in [2.75, 3.05) is 11.1 Å². The molecule has 1 amide bonds. The molecule has 1 aromatic carbocycles. The van der Waals surface area contributed by atoms with Crippen LogP contribution in [0.3, 0.4) is 0 Å². The van der Waals surface area contributed by atoms with Crippen molar-refractivity contribution in [2.45, 2.75) is 0 Å². The second-order valence-corrected chi connectivity index (χ2v) is 4.70. The van der Waals surface area contributed by atoms with Crippen molar-refractivity contribution in [3.05, 3.63) is 52.6 Å². The number of H-pyrrole nitrogens is 1. The molecule has 0 saturated carbocycles. The Bertz CT molecular complexity index is 894. The minimum Gasteiger partial charge on any atom is -0.399 e. The first-order valence-electron chi connectivity index (χ1n) is 6.26. The van der Waals surface area contributed by atoms with Gasteiger partial charge in [0.15, 0.2) is 5.69 Å². The molecule has 0 spiro atoms. The molecule has 0 unspecified atom stereocenters. The van der Waals surface area contributed by atoms with Crippen LogP contribution in [-0.2, 0) is 7.05 Å². The fourth-order valence-corrected chi connectivity index (χ4v) is 2.06. The van der Waals surface area contributed by atoms with Gasteiger partial charge in [-0.25, -0.2) is 0 Å². The molecule has 0 fully saturated rings. The molecule has 21 heavy (non-hydrogen) atoms. The maximum Gasteiger partial charge on any atom is 0.276 e. The second kappa shape index (κ2) is 4.78. The molecule has 2 heterocycles. The van der Waals surface area contributed by atoms with Crippen LogP contribution in [0.2, 0.25) is 0 Å². The summed E-state index contributed by atoms with van der Waals surface area (Å²) in [5.41, 5.74) is 7.64. The average Bonchev–Trinajstić information content (AvgIpc) is 2.86. The van der Waals surface area contributed by atoms with Crippen LogP contribution in [0.4, 0.5) is 11.4 Å². The van der Waals surface area contributed by atoms with Crippen molar-refractivity contribution < 1.29 is 4.79 Å². The fraction of sp³-hybridized carbons (Fsp3) is 0.0714. The molecule has 0 aliphatic rings. The van der Waals surface area contributed by atoms with E-state index in [-0.39, 0.29) is 17.2 Å². The van der Waals surface area contributed by atoms with Crippen molar-refractivity contribution in [1.29, 1.82) is 0 Å². The largest absolute Gasteiger partial charge is 0.399 e. The number of carbonyl (C=O) groups excluding carboxylic acids is 1. The van der Waals surface area contributed by atoms with Crippen LogP contribution in [-0.4, -0.2) is 20.7 Å². The molecule has 7 nitrogen and oxygen atoms in total. The predicted octanol–water partition coefficient (Wildman–Crippen LogP) is 1.10. The lowest BCUT2D eigenvalue weighted by Crippen LogP contribution is -2.18. The number of amides is 1. The number of carbonyl (C=O) groups is 1. The van der Waals surface area contributed by atoms with Crippen molar-refractivity contribution in [3.63, 3.8) is 0 Å². The number of rotatable bonds is 2. The Morgan fingerprint density at radius 3 is 2.90 bits per heavy atom. The van der Waals surface area contributed by atoms with E-state index in [0.29, 0.717) is 16.8 Å². The van der Waals surface area contributed by atoms with Crippen molar-refractivity contribution >= 4 is 28.2 Å². The zero-order chi connectivity index (χ0) is 15.0.